The van der Waals surface area contributed by atoms with Crippen molar-refractivity contribution in [2.75, 3.05) is 18.5 Å². The summed E-state index contributed by atoms with van der Waals surface area (Å²) in [6.45, 7) is 0.619. The number of carbonyl (C=O) groups excluding carboxylic acids is 1. The summed E-state index contributed by atoms with van der Waals surface area (Å²) < 4.78 is 27.4. The van der Waals surface area contributed by atoms with Crippen LogP contribution in [0, 0.1) is 5.92 Å². The SMILES string of the molecule is NS(=O)(=O)OC[C@H]1C[C@@H](Nc2ncncc2C(=O)c2cc(C3NCCCc4ccccc43)c(Cl)s2)C[C@@H]1O. The van der Waals surface area contributed by atoms with Crippen molar-refractivity contribution in [3.63, 3.8) is 0 Å². The first-order valence-corrected chi connectivity index (χ1v) is 14.9. The first-order chi connectivity index (χ1) is 18.2. The molecule has 0 radical (unpaired) electrons. The van der Waals surface area contributed by atoms with Crippen LogP contribution in [-0.4, -0.2) is 54.6 Å². The summed E-state index contributed by atoms with van der Waals surface area (Å²) in [6.07, 6.45) is 4.75. The maximum Gasteiger partial charge on any atom is 0.333 e. The van der Waals surface area contributed by atoms with Crippen molar-refractivity contribution in [3.05, 3.63) is 74.3 Å². The minimum atomic E-state index is -4.10. The van der Waals surface area contributed by atoms with Gasteiger partial charge in [0.25, 0.3) is 0 Å². The number of thiophene rings is 1. The Morgan fingerprint density at radius 3 is 2.92 bits per heavy atom. The molecule has 202 valence electrons. The molecule has 5 N–H and O–H groups in total. The van der Waals surface area contributed by atoms with Crippen LogP contribution in [0.4, 0.5) is 5.82 Å². The first-order valence-electron chi connectivity index (χ1n) is 12.3. The van der Waals surface area contributed by atoms with Crippen molar-refractivity contribution in [2.24, 2.45) is 11.1 Å². The fourth-order valence-corrected chi connectivity index (χ4v) is 6.82. The molecule has 1 aromatic carbocycles. The minimum Gasteiger partial charge on any atom is -0.393 e. The number of nitrogens with one attached hydrogen (secondary N) is 2. The molecule has 1 unspecified atom stereocenters. The third-order valence-electron chi connectivity index (χ3n) is 6.99. The summed E-state index contributed by atoms with van der Waals surface area (Å²) in [4.78, 5) is 22.4. The van der Waals surface area contributed by atoms with E-state index in [4.69, 9.17) is 16.7 Å². The standard InChI is InChI=1S/C25H28ClN5O5S2/c26-24-18(22-17-6-2-1-4-14(17)5-3-7-29-22)10-21(37-24)23(33)19-11-28-13-30-25(19)31-16-8-15(20(32)9-16)12-36-38(27,34)35/h1-2,4,6,10-11,13,15-16,20,22,29,32H,3,5,7-9,12H2,(H2,27,34,35)(H,28,30,31)/t15-,16-,20+,22?/m1/s1. The molecule has 2 aliphatic rings. The maximum atomic E-state index is 13.6. The van der Waals surface area contributed by atoms with Gasteiger partial charge < -0.3 is 15.7 Å². The van der Waals surface area contributed by atoms with Gasteiger partial charge in [-0.3, -0.25) is 8.98 Å². The van der Waals surface area contributed by atoms with E-state index in [0.717, 1.165) is 30.5 Å². The summed E-state index contributed by atoms with van der Waals surface area (Å²) >= 11 is 7.91. The molecule has 13 heteroatoms. The lowest BCUT2D eigenvalue weighted by molar-refractivity contribution is 0.101. The van der Waals surface area contributed by atoms with Gasteiger partial charge >= 0.3 is 10.3 Å². The molecule has 2 aromatic heterocycles. The third kappa shape index (κ3) is 6.07. The van der Waals surface area contributed by atoms with E-state index in [0.29, 0.717) is 27.9 Å². The van der Waals surface area contributed by atoms with E-state index in [1.165, 1.54) is 29.4 Å². The van der Waals surface area contributed by atoms with Gasteiger partial charge in [-0.05, 0) is 49.4 Å². The number of halogens is 1. The highest BCUT2D eigenvalue weighted by Gasteiger charge is 2.35. The van der Waals surface area contributed by atoms with Gasteiger partial charge in [0.2, 0.25) is 5.78 Å². The van der Waals surface area contributed by atoms with E-state index in [1.54, 1.807) is 0 Å². The van der Waals surface area contributed by atoms with Crippen LogP contribution >= 0.6 is 22.9 Å². The number of hydrogen-bond acceptors (Lipinski definition) is 10. The topological polar surface area (TPSA) is 157 Å². The highest BCUT2D eigenvalue weighted by molar-refractivity contribution is 7.84. The molecule has 1 aliphatic carbocycles. The fourth-order valence-electron chi connectivity index (χ4n) is 5.17. The molecule has 5 rings (SSSR count). The Labute approximate surface area is 229 Å². The normalized spacial score (nSPS) is 23.6. The zero-order valence-electron chi connectivity index (χ0n) is 20.3. The van der Waals surface area contributed by atoms with E-state index in [9.17, 15) is 18.3 Å². The molecule has 1 fully saturated rings. The number of fused-ring (bicyclic) bond motifs is 1. The first kappa shape index (κ1) is 27.1. The van der Waals surface area contributed by atoms with Crippen LogP contribution in [-0.2, 0) is 20.9 Å². The number of ketones is 1. The Balaban J connectivity index is 1.35. The molecule has 10 nitrogen and oxygen atoms in total. The number of nitrogens with zero attached hydrogens (tertiary/aromatic N) is 2. The van der Waals surface area contributed by atoms with Crippen LogP contribution in [0.2, 0.25) is 4.34 Å². The van der Waals surface area contributed by atoms with Crippen molar-refractivity contribution in [1.29, 1.82) is 0 Å². The number of aryl methyl sites for hydroxylation is 1. The molecule has 0 bridgehead atoms. The monoisotopic (exact) mass is 577 g/mol. The second-order valence-electron chi connectivity index (χ2n) is 9.56. The zero-order chi connectivity index (χ0) is 26.9. The average Bonchev–Trinajstić information content (AvgIpc) is 3.36. The molecule has 3 heterocycles. The molecule has 1 saturated carbocycles. The van der Waals surface area contributed by atoms with Gasteiger partial charge in [-0.2, -0.15) is 8.42 Å². The van der Waals surface area contributed by atoms with Crippen LogP contribution in [0.3, 0.4) is 0 Å². The van der Waals surface area contributed by atoms with Gasteiger partial charge in [-0.25, -0.2) is 15.1 Å². The highest BCUT2D eigenvalue weighted by atomic mass is 35.5. The second kappa shape index (κ2) is 11.3. The Hall–Kier alpha value is -2.45. The Morgan fingerprint density at radius 1 is 1.29 bits per heavy atom. The largest absolute Gasteiger partial charge is 0.393 e. The minimum absolute atomic E-state index is 0.111. The maximum absolute atomic E-state index is 13.6. The summed E-state index contributed by atoms with van der Waals surface area (Å²) in [6, 6.07) is 9.75. The zero-order valence-corrected chi connectivity index (χ0v) is 22.7. The number of hydrogen-bond donors (Lipinski definition) is 4. The molecular formula is C25H28ClN5O5S2. The number of rotatable bonds is 8. The van der Waals surface area contributed by atoms with Gasteiger partial charge in [-0.1, -0.05) is 35.9 Å². The summed E-state index contributed by atoms with van der Waals surface area (Å²) in [5, 5.41) is 22.0. The number of benzene rings is 1. The van der Waals surface area contributed by atoms with E-state index < -0.39 is 22.3 Å². The van der Waals surface area contributed by atoms with Crippen molar-refractivity contribution in [2.45, 2.75) is 43.9 Å². The molecule has 0 spiro atoms. The fraction of sp³-hybridized carbons (Fsp3) is 0.400. The van der Waals surface area contributed by atoms with Crippen molar-refractivity contribution in [3.8, 4) is 0 Å². The average molecular weight is 578 g/mol. The quantitative estimate of drug-likeness (QED) is 0.295. The van der Waals surface area contributed by atoms with Gasteiger partial charge in [0.05, 0.1) is 33.5 Å². The van der Waals surface area contributed by atoms with Crippen LogP contribution < -0.4 is 15.8 Å². The lowest BCUT2D eigenvalue weighted by Gasteiger charge is -2.18. The van der Waals surface area contributed by atoms with Crippen LogP contribution in [0.25, 0.3) is 0 Å². The van der Waals surface area contributed by atoms with E-state index in [-0.39, 0.29) is 30.0 Å². The van der Waals surface area contributed by atoms with Gasteiger partial charge in [-0.15, -0.1) is 11.3 Å². The van der Waals surface area contributed by atoms with Gasteiger partial charge in [0, 0.05) is 23.7 Å². The molecule has 3 aromatic rings. The van der Waals surface area contributed by atoms with Crippen LogP contribution in [0.5, 0.6) is 0 Å². The van der Waals surface area contributed by atoms with Gasteiger partial charge in [0.15, 0.2) is 0 Å². The number of nitrogens with two attached hydrogens (primary N) is 1. The molecule has 4 atom stereocenters. The smallest absolute Gasteiger partial charge is 0.333 e. The number of aromatic nitrogens is 2. The Morgan fingerprint density at radius 2 is 2.11 bits per heavy atom. The molecule has 38 heavy (non-hydrogen) atoms. The van der Waals surface area contributed by atoms with E-state index >= 15 is 0 Å². The summed E-state index contributed by atoms with van der Waals surface area (Å²) in [7, 11) is -4.10. The van der Waals surface area contributed by atoms with Crippen molar-refractivity contribution >= 4 is 44.8 Å². The molecule has 1 aliphatic heterocycles. The number of carbonyl (C=O) groups is 1. The molecule has 0 amide bonds. The predicted molar refractivity (Wildman–Crippen MR) is 145 cm³/mol. The molecular weight excluding hydrogens is 550 g/mol. The Kier molecular flexibility index (Phi) is 8.10. The second-order valence-corrected chi connectivity index (χ2v) is 12.4. The lowest BCUT2D eigenvalue weighted by atomic mass is 9.95. The molecule has 0 saturated heterocycles. The predicted octanol–water partition coefficient (Wildman–Crippen LogP) is 2.82. The van der Waals surface area contributed by atoms with E-state index in [1.807, 2.05) is 18.2 Å². The van der Waals surface area contributed by atoms with Crippen molar-refractivity contribution in [1.82, 2.24) is 15.3 Å². The third-order valence-corrected chi connectivity index (χ3v) is 8.84. The van der Waals surface area contributed by atoms with Crippen molar-refractivity contribution < 1.29 is 22.5 Å². The summed E-state index contributed by atoms with van der Waals surface area (Å²) in [5.74, 6) is -0.361. The van der Waals surface area contributed by atoms with Gasteiger partial charge in [0.1, 0.15) is 12.1 Å². The number of anilines is 1. The highest BCUT2D eigenvalue weighted by Crippen LogP contribution is 2.39. The number of aliphatic hydroxyl groups excluding tert-OH is 1. The van der Waals surface area contributed by atoms with Crippen LogP contribution in [0.1, 0.15) is 57.2 Å². The summed E-state index contributed by atoms with van der Waals surface area (Å²) in [5.41, 5.74) is 3.57. The Bertz CT molecular complexity index is 1430. The number of aliphatic hydroxyl groups is 1. The van der Waals surface area contributed by atoms with E-state index in [2.05, 4.69) is 36.9 Å². The lowest BCUT2D eigenvalue weighted by Crippen LogP contribution is -2.24. The van der Waals surface area contributed by atoms with Crippen LogP contribution in [0.15, 0.2) is 42.9 Å².